The molecule has 0 radical (unpaired) electrons. The Hall–Kier alpha value is -0.610. The van der Waals surface area contributed by atoms with Crippen LogP contribution in [-0.4, -0.2) is 49.2 Å². The van der Waals surface area contributed by atoms with E-state index in [0.717, 1.165) is 45.3 Å². The molecule has 2 rings (SSSR count). The van der Waals surface area contributed by atoms with E-state index in [-0.39, 0.29) is 5.91 Å². The average Bonchev–Trinajstić information content (AvgIpc) is 2.88. The lowest BCUT2D eigenvalue weighted by Crippen LogP contribution is -2.56. The van der Waals surface area contributed by atoms with Crippen LogP contribution in [0.3, 0.4) is 0 Å². The summed E-state index contributed by atoms with van der Waals surface area (Å²) in [5.74, 6) is 0.759. The lowest BCUT2D eigenvalue weighted by atomic mass is 9.89. The molecule has 2 aliphatic heterocycles. The van der Waals surface area contributed by atoms with Crippen LogP contribution in [0.25, 0.3) is 0 Å². The van der Waals surface area contributed by atoms with Crippen molar-refractivity contribution in [3.05, 3.63) is 0 Å². The van der Waals surface area contributed by atoms with Gasteiger partial charge in [-0.2, -0.15) is 0 Å². The molecular formula is C14H26N2O2. The Kier molecular flexibility index (Phi) is 4.28. The fourth-order valence-electron chi connectivity index (χ4n) is 3.34. The summed E-state index contributed by atoms with van der Waals surface area (Å²) in [6.45, 7) is 7.07. The van der Waals surface area contributed by atoms with E-state index in [9.17, 15) is 4.79 Å². The molecule has 1 unspecified atom stereocenters. The highest BCUT2D eigenvalue weighted by atomic mass is 16.5. The number of nitrogens with one attached hydrogen (secondary N) is 1. The number of ether oxygens (including phenoxy) is 1. The van der Waals surface area contributed by atoms with Crippen molar-refractivity contribution in [1.29, 1.82) is 0 Å². The van der Waals surface area contributed by atoms with E-state index in [1.807, 2.05) is 0 Å². The highest BCUT2D eigenvalue weighted by molar-refractivity contribution is 5.86. The zero-order chi connectivity index (χ0) is 13.2. The predicted molar refractivity (Wildman–Crippen MR) is 71.4 cm³/mol. The third kappa shape index (κ3) is 2.41. The zero-order valence-corrected chi connectivity index (χ0v) is 11.9. The summed E-state index contributed by atoms with van der Waals surface area (Å²) in [7, 11) is 1.68. The maximum Gasteiger partial charge on any atom is 0.255 e. The standard InChI is InChI=1S/C14H26N2O2/c1-11(2)12-5-4-10-16(12)13(17)14(18-3)6-8-15-9-7-14/h11-12,15H,4-10H2,1-3H3. The quantitative estimate of drug-likeness (QED) is 0.828. The van der Waals surface area contributed by atoms with Crippen molar-refractivity contribution < 1.29 is 9.53 Å². The molecule has 0 aromatic carbocycles. The van der Waals surface area contributed by atoms with Crippen LogP contribution in [0, 0.1) is 5.92 Å². The van der Waals surface area contributed by atoms with E-state index in [1.165, 1.54) is 0 Å². The number of piperidine rings is 1. The van der Waals surface area contributed by atoms with E-state index in [4.69, 9.17) is 4.74 Å². The van der Waals surface area contributed by atoms with Crippen LogP contribution >= 0.6 is 0 Å². The van der Waals surface area contributed by atoms with Gasteiger partial charge in [-0.15, -0.1) is 0 Å². The van der Waals surface area contributed by atoms with Gasteiger partial charge in [-0.1, -0.05) is 13.8 Å². The third-order valence-electron chi connectivity index (χ3n) is 4.52. The van der Waals surface area contributed by atoms with Crippen molar-refractivity contribution in [2.24, 2.45) is 5.92 Å². The molecule has 0 bridgehead atoms. The van der Waals surface area contributed by atoms with Crippen molar-refractivity contribution in [1.82, 2.24) is 10.2 Å². The van der Waals surface area contributed by atoms with Gasteiger partial charge in [-0.25, -0.2) is 0 Å². The van der Waals surface area contributed by atoms with E-state index in [0.29, 0.717) is 12.0 Å². The van der Waals surface area contributed by atoms with Crippen molar-refractivity contribution in [2.75, 3.05) is 26.7 Å². The first-order valence-corrected chi connectivity index (χ1v) is 7.18. The fraction of sp³-hybridized carbons (Fsp3) is 0.929. The molecule has 1 atom stereocenters. The maximum atomic E-state index is 12.8. The van der Waals surface area contributed by atoms with Crippen LogP contribution in [0.4, 0.5) is 0 Å². The largest absolute Gasteiger partial charge is 0.368 e. The molecule has 2 fully saturated rings. The lowest BCUT2D eigenvalue weighted by molar-refractivity contribution is -0.160. The lowest BCUT2D eigenvalue weighted by Gasteiger charge is -2.40. The van der Waals surface area contributed by atoms with E-state index in [1.54, 1.807) is 7.11 Å². The highest BCUT2D eigenvalue weighted by Crippen LogP contribution is 2.31. The zero-order valence-electron chi connectivity index (χ0n) is 11.9. The molecule has 0 spiro atoms. The molecule has 2 aliphatic rings. The molecule has 0 aromatic rings. The van der Waals surface area contributed by atoms with Gasteiger partial charge >= 0.3 is 0 Å². The number of hydrogen-bond acceptors (Lipinski definition) is 3. The van der Waals surface area contributed by atoms with E-state index >= 15 is 0 Å². The first kappa shape index (κ1) is 13.8. The second-order valence-electron chi connectivity index (χ2n) is 5.90. The predicted octanol–water partition coefficient (Wildman–Crippen LogP) is 1.40. The Bertz CT molecular complexity index is 298. The minimum atomic E-state index is -0.567. The Balaban J connectivity index is 2.13. The first-order chi connectivity index (χ1) is 8.60. The van der Waals surface area contributed by atoms with Gasteiger partial charge in [0, 0.05) is 19.7 Å². The molecule has 4 nitrogen and oxygen atoms in total. The molecule has 1 N–H and O–H groups in total. The number of nitrogens with zero attached hydrogens (tertiary/aromatic N) is 1. The monoisotopic (exact) mass is 254 g/mol. The first-order valence-electron chi connectivity index (χ1n) is 7.18. The normalized spacial score (nSPS) is 27.8. The number of amides is 1. The van der Waals surface area contributed by atoms with Crippen molar-refractivity contribution in [2.45, 2.75) is 51.2 Å². The second-order valence-corrected chi connectivity index (χ2v) is 5.90. The molecule has 0 aromatic heterocycles. The summed E-state index contributed by atoms with van der Waals surface area (Å²) in [5.41, 5.74) is -0.567. The van der Waals surface area contributed by atoms with Crippen LogP contribution in [0.15, 0.2) is 0 Å². The van der Waals surface area contributed by atoms with Crippen LogP contribution in [0.1, 0.15) is 39.5 Å². The van der Waals surface area contributed by atoms with Crippen LogP contribution in [-0.2, 0) is 9.53 Å². The van der Waals surface area contributed by atoms with Gasteiger partial charge in [-0.3, -0.25) is 4.79 Å². The summed E-state index contributed by atoms with van der Waals surface area (Å²) in [6, 6.07) is 0.402. The number of rotatable bonds is 3. The average molecular weight is 254 g/mol. The van der Waals surface area contributed by atoms with Crippen LogP contribution < -0.4 is 5.32 Å². The summed E-state index contributed by atoms with van der Waals surface area (Å²) in [4.78, 5) is 14.9. The third-order valence-corrected chi connectivity index (χ3v) is 4.52. The molecule has 4 heteroatoms. The Morgan fingerprint density at radius 3 is 2.61 bits per heavy atom. The summed E-state index contributed by atoms with van der Waals surface area (Å²) < 4.78 is 5.65. The summed E-state index contributed by atoms with van der Waals surface area (Å²) >= 11 is 0. The van der Waals surface area contributed by atoms with E-state index < -0.39 is 5.60 Å². The molecule has 2 heterocycles. The van der Waals surface area contributed by atoms with Gasteiger partial charge in [0.05, 0.1) is 0 Å². The number of carbonyl (C=O) groups is 1. The van der Waals surface area contributed by atoms with Gasteiger partial charge < -0.3 is 15.0 Å². The Labute approximate surface area is 110 Å². The van der Waals surface area contributed by atoms with Gasteiger partial charge in [0.1, 0.15) is 5.60 Å². The molecule has 2 saturated heterocycles. The Morgan fingerprint density at radius 1 is 1.39 bits per heavy atom. The number of likely N-dealkylation sites (tertiary alicyclic amines) is 1. The smallest absolute Gasteiger partial charge is 0.255 e. The molecule has 0 aliphatic carbocycles. The molecule has 18 heavy (non-hydrogen) atoms. The highest BCUT2D eigenvalue weighted by Gasteiger charge is 2.45. The van der Waals surface area contributed by atoms with Gasteiger partial charge in [0.25, 0.3) is 5.91 Å². The minimum Gasteiger partial charge on any atom is -0.368 e. The molecular weight excluding hydrogens is 228 g/mol. The van der Waals surface area contributed by atoms with Crippen molar-refractivity contribution in [3.8, 4) is 0 Å². The van der Waals surface area contributed by atoms with Gasteiger partial charge in [0.15, 0.2) is 0 Å². The summed E-state index contributed by atoms with van der Waals surface area (Å²) in [6.07, 6.45) is 3.86. The SMILES string of the molecule is COC1(C(=O)N2CCCC2C(C)C)CCNCC1. The Morgan fingerprint density at radius 2 is 2.06 bits per heavy atom. The van der Waals surface area contributed by atoms with Crippen molar-refractivity contribution in [3.63, 3.8) is 0 Å². The topological polar surface area (TPSA) is 41.6 Å². The van der Waals surface area contributed by atoms with Gasteiger partial charge in [0.2, 0.25) is 0 Å². The van der Waals surface area contributed by atoms with Crippen LogP contribution in [0.2, 0.25) is 0 Å². The minimum absolute atomic E-state index is 0.225. The van der Waals surface area contributed by atoms with E-state index in [2.05, 4.69) is 24.1 Å². The molecule has 0 saturated carbocycles. The van der Waals surface area contributed by atoms with Crippen LogP contribution in [0.5, 0.6) is 0 Å². The number of methoxy groups -OCH3 is 1. The van der Waals surface area contributed by atoms with Gasteiger partial charge in [-0.05, 0) is 44.7 Å². The number of hydrogen-bond donors (Lipinski definition) is 1. The molecule has 1 amide bonds. The molecule has 104 valence electrons. The maximum absolute atomic E-state index is 12.8. The number of carbonyl (C=O) groups excluding carboxylic acids is 1. The second kappa shape index (κ2) is 5.57. The summed E-state index contributed by atoms with van der Waals surface area (Å²) in [5, 5.41) is 3.30. The van der Waals surface area contributed by atoms with Crippen molar-refractivity contribution >= 4 is 5.91 Å². The fourth-order valence-corrected chi connectivity index (χ4v) is 3.34.